The van der Waals surface area contributed by atoms with Gasteiger partial charge in [-0.1, -0.05) is 32.0 Å². The van der Waals surface area contributed by atoms with Crippen LogP contribution in [-0.2, 0) is 6.42 Å². The van der Waals surface area contributed by atoms with Crippen molar-refractivity contribution in [2.24, 2.45) is 0 Å². The maximum Gasteiger partial charge on any atom is 0.0314 e. The zero-order valence-electron chi connectivity index (χ0n) is 9.72. The minimum atomic E-state index is 0.500. The van der Waals surface area contributed by atoms with Crippen molar-refractivity contribution in [3.05, 3.63) is 34.9 Å². The van der Waals surface area contributed by atoms with E-state index in [2.05, 4.69) is 44.3 Å². The zero-order valence-corrected chi connectivity index (χ0v) is 9.72. The average Bonchev–Trinajstić information content (AvgIpc) is 2.20. The van der Waals surface area contributed by atoms with Gasteiger partial charge in [-0.2, -0.15) is 0 Å². The summed E-state index contributed by atoms with van der Waals surface area (Å²) in [4.78, 5) is 0. The lowest BCUT2D eigenvalue weighted by molar-refractivity contribution is 0.576. The largest absolute Gasteiger partial charge is 0.313 e. The van der Waals surface area contributed by atoms with Crippen LogP contribution in [0.25, 0.3) is 0 Å². The lowest BCUT2D eigenvalue weighted by Gasteiger charge is -2.16. The molecule has 14 heavy (non-hydrogen) atoms. The fraction of sp³-hybridized carbons (Fsp3) is 0.538. The molecule has 1 aromatic rings. The van der Waals surface area contributed by atoms with Gasteiger partial charge in [0.15, 0.2) is 0 Å². The van der Waals surface area contributed by atoms with Gasteiger partial charge < -0.3 is 5.32 Å². The van der Waals surface area contributed by atoms with E-state index in [1.807, 2.05) is 7.05 Å². The molecule has 78 valence electrons. The first-order chi connectivity index (χ1) is 6.72. The third kappa shape index (κ3) is 2.36. The van der Waals surface area contributed by atoms with Crippen LogP contribution >= 0.6 is 0 Å². The molecular weight excluding hydrogens is 170 g/mol. The van der Waals surface area contributed by atoms with Gasteiger partial charge >= 0.3 is 0 Å². The minimum absolute atomic E-state index is 0.500. The predicted molar refractivity (Wildman–Crippen MR) is 62.6 cm³/mol. The first-order valence-corrected chi connectivity index (χ1v) is 5.49. The molecule has 1 nitrogen and oxygen atoms in total. The van der Waals surface area contributed by atoms with Crippen LogP contribution in [0.15, 0.2) is 18.2 Å². The van der Waals surface area contributed by atoms with Crippen LogP contribution in [0.4, 0.5) is 0 Å². The van der Waals surface area contributed by atoms with E-state index in [9.17, 15) is 0 Å². The number of aryl methyl sites for hydroxylation is 2. The van der Waals surface area contributed by atoms with Gasteiger partial charge in [-0.05, 0) is 43.5 Å². The number of hydrogen-bond donors (Lipinski definition) is 1. The van der Waals surface area contributed by atoms with E-state index >= 15 is 0 Å². The van der Waals surface area contributed by atoms with Gasteiger partial charge in [-0.3, -0.25) is 0 Å². The highest BCUT2D eigenvalue weighted by Crippen LogP contribution is 2.19. The maximum atomic E-state index is 3.33. The van der Waals surface area contributed by atoms with Gasteiger partial charge in [0.05, 0.1) is 0 Å². The molecule has 1 aromatic carbocycles. The van der Waals surface area contributed by atoms with Crippen molar-refractivity contribution >= 4 is 0 Å². The van der Waals surface area contributed by atoms with E-state index in [-0.39, 0.29) is 0 Å². The topological polar surface area (TPSA) is 12.0 Å². The molecule has 0 saturated heterocycles. The summed E-state index contributed by atoms with van der Waals surface area (Å²) in [5.41, 5.74) is 4.28. The van der Waals surface area contributed by atoms with E-state index in [0.29, 0.717) is 6.04 Å². The van der Waals surface area contributed by atoms with E-state index in [1.165, 1.54) is 16.7 Å². The van der Waals surface area contributed by atoms with Crippen LogP contribution in [0.3, 0.4) is 0 Å². The van der Waals surface area contributed by atoms with Crippen molar-refractivity contribution in [2.45, 2.75) is 39.7 Å². The third-order valence-electron chi connectivity index (χ3n) is 2.91. The van der Waals surface area contributed by atoms with Crippen molar-refractivity contribution in [2.75, 3.05) is 7.05 Å². The summed E-state index contributed by atoms with van der Waals surface area (Å²) in [6.07, 6.45) is 2.27. The molecule has 1 rings (SSSR count). The summed E-state index contributed by atoms with van der Waals surface area (Å²) in [6.45, 7) is 6.62. The normalized spacial score (nSPS) is 12.9. The fourth-order valence-corrected chi connectivity index (χ4v) is 1.94. The van der Waals surface area contributed by atoms with Crippen LogP contribution in [0.2, 0.25) is 0 Å². The number of nitrogens with one attached hydrogen (secondary N) is 1. The molecule has 0 bridgehead atoms. The van der Waals surface area contributed by atoms with Crippen molar-refractivity contribution < 1.29 is 0 Å². The number of rotatable bonds is 4. The molecule has 0 aliphatic rings. The Morgan fingerprint density at radius 1 is 1.29 bits per heavy atom. The van der Waals surface area contributed by atoms with Crippen LogP contribution in [0, 0.1) is 6.92 Å². The quantitative estimate of drug-likeness (QED) is 0.770. The SMILES string of the molecule is CCc1ccc(C(CC)NC)cc1C. The lowest BCUT2D eigenvalue weighted by atomic mass is 9.98. The molecule has 1 heteroatoms. The van der Waals surface area contributed by atoms with E-state index in [4.69, 9.17) is 0 Å². The summed E-state index contributed by atoms with van der Waals surface area (Å²) in [6, 6.07) is 7.31. The van der Waals surface area contributed by atoms with Gasteiger partial charge in [-0.15, -0.1) is 0 Å². The average molecular weight is 191 g/mol. The van der Waals surface area contributed by atoms with Crippen LogP contribution < -0.4 is 5.32 Å². The molecule has 0 fully saturated rings. The molecule has 0 aromatic heterocycles. The van der Waals surface area contributed by atoms with Gasteiger partial charge in [0.25, 0.3) is 0 Å². The molecule has 1 unspecified atom stereocenters. The van der Waals surface area contributed by atoms with Gasteiger partial charge in [0, 0.05) is 6.04 Å². The molecule has 0 aliphatic heterocycles. The summed E-state index contributed by atoms with van der Waals surface area (Å²) in [5, 5.41) is 3.33. The Morgan fingerprint density at radius 2 is 2.00 bits per heavy atom. The summed E-state index contributed by atoms with van der Waals surface area (Å²) in [5.74, 6) is 0. The molecule has 1 atom stereocenters. The summed E-state index contributed by atoms with van der Waals surface area (Å²) < 4.78 is 0. The highest BCUT2D eigenvalue weighted by Gasteiger charge is 2.07. The molecule has 0 spiro atoms. The molecule has 0 aliphatic carbocycles. The Hall–Kier alpha value is -0.820. The first-order valence-electron chi connectivity index (χ1n) is 5.49. The van der Waals surface area contributed by atoms with E-state index in [1.54, 1.807) is 0 Å². The Balaban J connectivity index is 2.95. The second kappa shape index (κ2) is 5.16. The second-order valence-corrected chi connectivity index (χ2v) is 3.79. The zero-order chi connectivity index (χ0) is 10.6. The standard InChI is InChI=1S/C13H21N/c1-5-11-7-8-12(9-10(11)3)13(6-2)14-4/h7-9,13-14H,5-6H2,1-4H3. The number of hydrogen-bond acceptors (Lipinski definition) is 1. The van der Waals surface area contributed by atoms with Gasteiger partial charge in [0.2, 0.25) is 0 Å². The lowest BCUT2D eigenvalue weighted by Crippen LogP contribution is -2.15. The molecule has 0 radical (unpaired) electrons. The highest BCUT2D eigenvalue weighted by molar-refractivity contribution is 5.32. The predicted octanol–water partition coefficient (Wildman–Crippen LogP) is 3.23. The Morgan fingerprint density at radius 3 is 2.43 bits per heavy atom. The van der Waals surface area contributed by atoms with E-state index < -0.39 is 0 Å². The summed E-state index contributed by atoms with van der Waals surface area (Å²) >= 11 is 0. The first kappa shape index (κ1) is 11.3. The highest BCUT2D eigenvalue weighted by atomic mass is 14.9. The van der Waals surface area contributed by atoms with Crippen molar-refractivity contribution in [3.8, 4) is 0 Å². The van der Waals surface area contributed by atoms with Crippen molar-refractivity contribution in [1.82, 2.24) is 5.32 Å². The third-order valence-corrected chi connectivity index (χ3v) is 2.91. The number of benzene rings is 1. The van der Waals surface area contributed by atoms with Gasteiger partial charge in [0.1, 0.15) is 0 Å². The maximum absolute atomic E-state index is 3.33. The van der Waals surface area contributed by atoms with Crippen LogP contribution in [0.1, 0.15) is 43.0 Å². The fourth-order valence-electron chi connectivity index (χ4n) is 1.94. The summed E-state index contributed by atoms with van der Waals surface area (Å²) in [7, 11) is 2.03. The van der Waals surface area contributed by atoms with Gasteiger partial charge in [-0.25, -0.2) is 0 Å². The van der Waals surface area contributed by atoms with Crippen molar-refractivity contribution in [3.63, 3.8) is 0 Å². The molecule has 0 amide bonds. The van der Waals surface area contributed by atoms with Crippen LogP contribution in [-0.4, -0.2) is 7.05 Å². The Kier molecular flexibility index (Phi) is 4.15. The minimum Gasteiger partial charge on any atom is -0.313 e. The monoisotopic (exact) mass is 191 g/mol. The molecular formula is C13H21N. The molecule has 0 heterocycles. The van der Waals surface area contributed by atoms with Crippen LogP contribution in [0.5, 0.6) is 0 Å². The smallest absolute Gasteiger partial charge is 0.0314 e. The second-order valence-electron chi connectivity index (χ2n) is 3.79. The molecule has 1 N–H and O–H groups in total. The van der Waals surface area contributed by atoms with E-state index in [0.717, 1.165) is 12.8 Å². The van der Waals surface area contributed by atoms with Crippen molar-refractivity contribution in [1.29, 1.82) is 0 Å². The molecule has 0 saturated carbocycles. The Bertz CT molecular complexity index is 287. The Labute approximate surface area is 87.5 Å².